The maximum atomic E-state index is 12.8. The molecule has 2 atom stereocenters. The molecule has 2 aromatic rings. The molecule has 1 N–H and O–H groups in total. The normalized spacial score (nSPS) is 18.1. The molecule has 27 heavy (non-hydrogen) atoms. The second-order valence-corrected chi connectivity index (χ2v) is 7.12. The highest BCUT2D eigenvalue weighted by molar-refractivity contribution is 6.30. The topological polar surface area (TPSA) is 50.8 Å². The van der Waals surface area contributed by atoms with Crippen molar-refractivity contribution in [3.63, 3.8) is 0 Å². The highest BCUT2D eigenvalue weighted by Crippen LogP contribution is 2.39. The van der Waals surface area contributed by atoms with Crippen molar-refractivity contribution in [2.45, 2.75) is 31.8 Å². The summed E-state index contributed by atoms with van der Waals surface area (Å²) >= 11 is 6.01. The Morgan fingerprint density at radius 1 is 1.22 bits per heavy atom. The molecular weight excluding hydrogens is 364 g/mol. The molecule has 1 amide bonds. The van der Waals surface area contributed by atoms with E-state index >= 15 is 0 Å². The van der Waals surface area contributed by atoms with Crippen LogP contribution in [0.1, 0.15) is 31.4 Å². The van der Waals surface area contributed by atoms with E-state index in [1.54, 1.807) is 26.4 Å². The Hall–Kier alpha value is -2.24. The van der Waals surface area contributed by atoms with E-state index in [9.17, 15) is 4.79 Å². The van der Waals surface area contributed by atoms with Gasteiger partial charge in [-0.3, -0.25) is 9.69 Å². The fourth-order valence-electron chi connectivity index (χ4n) is 3.64. The SMILES string of the molecule is COc1ccc([C@H]2CCCN2[C@H](C)C(=O)Nc2cccc(Cl)c2)c(OC)c1. The van der Waals surface area contributed by atoms with E-state index in [1.165, 1.54) is 0 Å². The molecule has 144 valence electrons. The molecule has 6 heteroatoms. The molecular formula is C21H25ClN2O3. The molecule has 1 fully saturated rings. The van der Waals surface area contributed by atoms with Gasteiger partial charge in [-0.15, -0.1) is 0 Å². The molecule has 0 unspecified atom stereocenters. The van der Waals surface area contributed by atoms with Crippen molar-refractivity contribution in [1.29, 1.82) is 0 Å². The van der Waals surface area contributed by atoms with Crippen LogP contribution in [0.4, 0.5) is 5.69 Å². The summed E-state index contributed by atoms with van der Waals surface area (Å²) in [6, 6.07) is 12.9. The Morgan fingerprint density at radius 3 is 2.74 bits per heavy atom. The van der Waals surface area contributed by atoms with Crippen LogP contribution in [-0.2, 0) is 4.79 Å². The van der Waals surface area contributed by atoms with Gasteiger partial charge < -0.3 is 14.8 Å². The van der Waals surface area contributed by atoms with Gasteiger partial charge in [-0.25, -0.2) is 0 Å². The Labute approximate surface area is 165 Å². The number of nitrogens with one attached hydrogen (secondary N) is 1. The number of ether oxygens (including phenoxy) is 2. The van der Waals surface area contributed by atoms with Crippen molar-refractivity contribution in [3.05, 3.63) is 53.1 Å². The Balaban J connectivity index is 1.78. The van der Waals surface area contributed by atoms with Crippen molar-refractivity contribution in [2.24, 2.45) is 0 Å². The standard InChI is InChI=1S/C21H25ClN2O3/c1-14(21(25)23-16-7-4-6-15(22)12-16)24-11-5-8-19(24)18-10-9-17(26-2)13-20(18)27-3/h4,6-7,9-10,12-14,19H,5,8,11H2,1-3H3,(H,23,25)/t14-,19-/m1/s1. The quantitative estimate of drug-likeness (QED) is 0.790. The van der Waals surface area contributed by atoms with E-state index in [0.717, 1.165) is 36.4 Å². The van der Waals surface area contributed by atoms with Gasteiger partial charge in [0.2, 0.25) is 5.91 Å². The fraction of sp³-hybridized carbons (Fsp3) is 0.381. The lowest BCUT2D eigenvalue weighted by atomic mass is 10.0. The maximum absolute atomic E-state index is 12.8. The minimum Gasteiger partial charge on any atom is -0.497 e. The molecule has 0 saturated carbocycles. The second-order valence-electron chi connectivity index (χ2n) is 6.68. The number of nitrogens with zero attached hydrogens (tertiary/aromatic N) is 1. The van der Waals surface area contributed by atoms with E-state index < -0.39 is 0 Å². The van der Waals surface area contributed by atoms with Gasteiger partial charge in [-0.2, -0.15) is 0 Å². The zero-order valence-corrected chi connectivity index (χ0v) is 16.6. The lowest BCUT2D eigenvalue weighted by Crippen LogP contribution is -2.41. The Kier molecular flexibility index (Phi) is 6.24. The van der Waals surface area contributed by atoms with Crippen LogP contribution in [0, 0.1) is 0 Å². The summed E-state index contributed by atoms with van der Waals surface area (Å²) in [6.07, 6.45) is 2.02. The maximum Gasteiger partial charge on any atom is 0.241 e. The summed E-state index contributed by atoms with van der Waals surface area (Å²) in [5.74, 6) is 1.50. The van der Waals surface area contributed by atoms with Crippen LogP contribution in [0.25, 0.3) is 0 Å². The summed E-state index contributed by atoms with van der Waals surface area (Å²) in [4.78, 5) is 15.0. The van der Waals surface area contributed by atoms with Gasteiger partial charge in [0.15, 0.2) is 0 Å². The third-order valence-electron chi connectivity index (χ3n) is 5.06. The molecule has 5 nitrogen and oxygen atoms in total. The third-order valence-corrected chi connectivity index (χ3v) is 5.30. The number of likely N-dealkylation sites (tertiary alicyclic amines) is 1. The molecule has 0 spiro atoms. The van der Waals surface area contributed by atoms with Crippen LogP contribution in [0.3, 0.4) is 0 Å². The third kappa shape index (κ3) is 4.37. The predicted octanol–water partition coefficient (Wildman–Crippen LogP) is 4.52. The number of amides is 1. The molecule has 1 saturated heterocycles. The average Bonchev–Trinajstić information content (AvgIpc) is 3.16. The molecule has 1 heterocycles. The van der Waals surface area contributed by atoms with Gasteiger partial charge in [-0.05, 0) is 50.6 Å². The van der Waals surface area contributed by atoms with E-state index in [2.05, 4.69) is 10.2 Å². The van der Waals surface area contributed by atoms with E-state index in [0.29, 0.717) is 10.7 Å². The van der Waals surface area contributed by atoms with Crippen LogP contribution in [0.2, 0.25) is 5.02 Å². The summed E-state index contributed by atoms with van der Waals surface area (Å²) < 4.78 is 10.9. The molecule has 0 aliphatic carbocycles. The first kappa shape index (κ1) is 19.5. The number of halogens is 1. The van der Waals surface area contributed by atoms with Crippen molar-refractivity contribution in [1.82, 2.24) is 4.90 Å². The summed E-state index contributed by atoms with van der Waals surface area (Å²) in [5, 5.41) is 3.56. The van der Waals surface area contributed by atoms with Crippen LogP contribution < -0.4 is 14.8 Å². The molecule has 3 rings (SSSR count). The summed E-state index contributed by atoms with van der Waals surface area (Å²) in [7, 11) is 3.30. The number of anilines is 1. The largest absolute Gasteiger partial charge is 0.497 e. The molecule has 0 radical (unpaired) electrons. The lowest BCUT2D eigenvalue weighted by Gasteiger charge is -2.31. The molecule has 0 aromatic heterocycles. The Bertz CT molecular complexity index is 812. The zero-order chi connectivity index (χ0) is 19.4. The first-order valence-corrected chi connectivity index (χ1v) is 9.45. The van der Waals surface area contributed by atoms with Gasteiger partial charge in [-0.1, -0.05) is 23.7 Å². The smallest absolute Gasteiger partial charge is 0.241 e. The van der Waals surface area contributed by atoms with Crippen molar-refractivity contribution in [2.75, 3.05) is 26.1 Å². The minimum absolute atomic E-state index is 0.0448. The number of hydrogen-bond acceptors (Lipinski definition) is 4. The van der Waals surface area contributed by atoms with E-state index in [1.807, 2.05) is 37.3 Å². The van der Waals surface area contributed by atoms with Crippen molar-refractivity contribution in [3.8, 4) is 11.5 Å². The number of benzene rings is 2. The van der Waals surface area contributed by atoms with Gasteiger partial charge in [0, 0.05) is 28.4 Å². The number of carbonyl (C=O) groups excluding carboxylic acids is 1. The number of hydrogen-bond donors (Lipinski definition) is 1. The van der Waals surface area contributed by atoms with Crippen LogP contribution in [0.15, 0.2) is 42.5 Å². The van der Waals surface area contributed by atoms with Crippen LogP contribution in [-0.4, -0.2) is 37.6 Å². The number of rotatable bonds is 6. The molecule has 2 aromatic carbocycles. The highest BCUT2D eigenvalue weighted by Gasteiger charge is 2.34. The first-order chi connectivity index (χ1) is 13.0. The molecule has 0 bridgehead atoms. The fourth-order valence-corrected chi connectivity index (χ4v) is 3.83. The monoisotopic (exact) mass is 388 g/mol. The first-order valence-electron chi connectivity index (χ1n) is 9.07. The predicted molar refractivity (Wildman–Crippen MR) is 108 cm³/mol. The van der Waals surface area contributed by atoms with Gasteiger partial charge >= 0.3 is 0 Å². The van der Waals surface area contributed by atoms with Gasteiger partial charge in [0.1, 0.15) is 11.5 Å². The minimum atomic E-state index is -0.275. The highest BCUT2D eigenvalue weighted by atomic mass is 35.5. The van der Waals surface area contributed by atoms with Crippen molar-refractivity contribution >= 4 is 23.2 Å². The number of carbonyl (C=O) groups is 1. The summed E-state index contributed by atoms with van der Waals surface area (Å²) in [5.41, 5.74) is 1.79. The van der Waals surface area contributed by atoms with E-state index in [4.69, 9.17) is 21.1 Å². The van der Waals surface area contributed by atoms with Crippen molar-refractivity contribution < 1.29 is 14.3 Å². The van der Waals surface area contributed by atoms with Gasteiger partial charge in [0.05, 0.1) is 20.3 Å². The molecule has 1 aliphatic rings. The van der Waals surface area contributed by atoms with Gasteiger partial charge in [0.25, 0.3) is 0 Å². The average molecular weight is 389 g/mol. The zero-order valence-electron chi connectivity index (χ0n) is 15.9. The lowest BCUT2D eigenvalue weighted by molar-refractivity contribution is -0.121. The summed E-state index contributed by atoms with van der Waals surface area (Å²) in [6.45, 7) is 2.80. The second kappa shape index (κ2) is 8.63. The number of methoxy groups -OCH3 is 2. The van der Waals surface area contributed by atoms with E-state index in [-0.39, 0.29) is 18.0 Å². The molecule has 1 aliphatic heterocycles. The Morgan fingerprint density at radius 2 is 2.04 bits per heavy atom. The van der Waals surface area contributed by atoms with Crippen LogP contribution >= 0.6 is 11.6 Å². The van der Waals surface area contributed by atoms with Crippen LogP contribution in [0.5, 0.6) is 11.5 Å².